The second kappa shape index (κ2) is 8.50. The average molecular weight is 281 g/mol. The molecule has 112 valence electrons. The van der Waals surface area contributed by atoms with Crippen molar-refractivity contribution in [2.75, 3.05) is 13.1 Å². The van der Waals surface area contributed by atoms with Crippen LogP contribution < -0.4 is 11.3 Å². The number of hydrogen-bond acceptors (Lipinski definition) is 4. The Kier molecular flexibility index (Phi) is 6.97. The fourth-order valence-electron chi connectivity index (χ4n) is 1.91. The fourth-order valence-corrected chi connectivity index (χ4v) is 1.91. The van der Waals surface area contributed by atoms with Gasteiger partial charge in [0.15, 0.2) is 0 Å². The van der Waals surface area contributed by atoms with E-state index in [1.165, 1.54) is 22.9 Å². The van der Waals surface area contributed by atoms with Crippen molar-refractivity contribution in [2.24, 2.45) is 5.73 Å². The van der Waals surface area contributed by atoms with Crippen molar-refractivity contribution >= 4 is 5.91 Å². The molecule has 1 aromatic rings. The number of hydrogen-bond donors (Lipinski definition) is 2. The summed E-state index contributed by atoms with van der Waals surface area (Å²) < 4.78 is 1.51. The van der Waals surface area contributed by atoms with Crippen LogP contribution in [0, 0.1) is 0 Å². The summed E-state index contributed by atoms with van der Waals surface area (Å²) in [6.07, 6.45) is 5.41. The molecule has 1 aromatic heterocycles. The van der Waals surface area contributed by atoms with Gasteiger partial charge in [-0.3, -0.25) is 14.8 Å². The normalized spacial score (nSPS) is 10.6. The van der Waals surface area contributed by atoms with Crippen LogP contribution in [-0.2, 0) is 6.54 Å². The lowest BCUT2D eigenvalue weighted by Gasteiger charge is -2.13. The zero-order valence-corrected chi connectivity index (χ0v) is 11.9. The highest BCUT2D eigenvalue weighted by atomic mass is 16.5. The van der Waals surface area contributed by atoms with E-state index >= 15 is 0 Å². The monoisotopic (exact) mass is 281 g/mol. The maximum Gasteiger partial charge on any atom is 0.278 e. The molecule has 0 radical (unpaired) electrons. The van der Waals surface area contributed by atoms with Crippen LogP contribution in [0.25, 0.3) is 0 Å². The molecule has 0 fully saturated rings. The van der Waals surface area contributed by atoms with Crippen molar-refractivity contribution in [1.82, 2.24) is 9.63 Å². The Balaban J connectivity index is 2.67. The van der Waals surface area contributed by atoms with Crippen molar-refractivity contribution in [1.29, 1.82) is 0 Å². The van der Waals surface area contributed by atoms with Gasteiger partial charge in [0.05, 0.1) is 5.56 Å². The van der Waals surface area contributed by atoms with Crippen molar-refractivity contribution in [3.63, 3.8) is 0 Å². The second-order valence-electron chi connectivity index (χ2n) is 4.67. The van der Waals surface area contributed by atoms with E-state index in [0.29, 0.717) is 23.7 Å². The van der Waals surface area contributed by atoms with Gasteiger partial charge in [0, 0.05) is 25.4 Å². The lowest BCUT2D eigenvalue weighted by atomic mass is 10.2. The smallest absolute Gasteiger partial charge is 0.278 e. The van der Waals surface area contributed by atoms with Crippen LogP contribution in [0.4, 0.5) is 0 Å². The lowest BCUT2D eigenvalue weighted by molar-refractivity contribution is -0.0542. The van der Waals surface area contributed by atoms with Crippen molar-refractivity contribution in [3.8, 4) is 0 Å². The molecule has 6 nitrogen and oxygen atoms in total. The molecule has 6 heteroatoms. The Morgan fingerprint density at radius 2 is 2.00 bits per heavy atom. The summed E-state index contributed by atoms with van der Waals surface area (Å²) >= 11 is 0. The minimum atomic E-state index is -0.496. The maximum atomic E-state index is 11.8. The highest BCUT2D eigenvalue weighted by Gasteiger charge is 2.12. The van der Waals surface area contributed by atoms with E-state index in [-0.39, 0.29) is 12.1 Å². The topological polar surface area (TPSA) is 88.6 Å². The third kappa shape index (κ3) is 4.79. The third-order valence-corrected chi connectivity index (χ3v) is 3.12. The molecule has 20 heavy (non-hydrogen) atoms. The number of pyridine rings is 1. The summed E-state index contributed by atoms with van der Waals surface area (Å²) in [6, 6.07) is 2.80. The molecule has 0 saturated heterocycles. The van der Waals surface area contributed by atoms with Crippen LogP contribution in [0.15, 0.2) is 23.1 Å². The second-order valence-corrected chi connectivity index (χ2v) is 4.67. The van der Waals surface area contributed by atoms with Crippen LogP contribution >= 0.6 is 0 Å². The van der Waals surface area contributed by atoms with Gasteiger partial charge >= 0.3 is 0 Å². The lowest BCUT2D eigenvalue weighted by Crippen LogP contribution is -2.29. The molecule has 1 rings (SSSR count). The number of hydroxylamine groups is 2. The summed E-state index contributed by atoms with van der Waals surface area (Å²) in [6.45, 7) is 3.14. The number of carbonyl (C=O) groups is 1. The van der Waals surface area contributed by atoms with Gasteiger partial charge in [-0.25, -0.2) is 5.06 Å². The average Bonchev–Trinajstić information content (AvgIpc) is 2.47. The van der Waals surface area contributed by atoms with E-state index in [2.05, 4.69) is 0 Å². The number of carbonyl (C=O) groups excluding carboxylic acids is 1. The van der Waals surface area contributed by atoms with Crippen molar-refractivity contribution in [2.45, 2.75) is 39.2 Å². The third-order valence-electron chi connectivity index (χ3n) is 3.12. The minimum absolute atomic E-state index is 0.138. The fraction of sp³-hybridized carbons (Fsp3) is 0.571. The number of amides is 1. The van der Waals surface area contributed by atoms with E-state index in [1.54, 1.807) is 6.92 Å². The van der Waals surface area contributed by atoms with E-state index in [1.807, 2.05) is 0 Å². The molecule has 0 spiro atoms. The van der Waals surface area contributed by atoms with E-state index in [0.717, 1.165) is 25.7 Å². The zero-order valence-electron chi connectivity index (χ0n) is 11.9. The Morgan fingerprint density at radius 1 is 1.30 bits per heavy atom. The summed E-state index contributed by atoms with van der Waals surface area (Å²) in [5.74, 6) is -0.496. The number of aromatic nitrogens is 1. The van der Waals surface area contributed by atoms with Gasteiger partial charge in [-0.1, -0.05) is 12.8 Å². The summed E-state index contributed by atoms with van der Waals surface area (Å²) in [5.41, 5.74) is 5.60. The minimum Gasteiger partial charge on any atom is -0.330 e. The Labute approximate surface area is 118 Å². The van der Waals surface area contributed by atoms with E-state index in [4.69, 9.17) is 5.73 Å². The molecular weight excluding hydrogens is 258 g/mol. The Morgan fingerprint density at radius 3 is 2.65 bits per heavy atom. The van der Waals surface area contributed by atoms with Crippen LogP contribution in [-0.4, -0.2) is 33.8 Å². The molecule has 0 bridgehead atoms. The number of nitrogens with zero attached hydrogens (tertiary/aromatic N) is 2. The number of unbranched alkanes of at least 4 members (excludes halogenated alkanes) is 3. The van der Waals surface area contributed by atoms with Gasteiger partial charge in [0.1, 0.15) is 0 Å². The van der Waals surface area contributed by atoms with E-state index < -0.39 is 5.91 Å². The molecule has 0 aliphatic rings. The molecule has 0 aromatic carbocycles. The number of rotatable bonds is 8. The van der Waals surface area contributed by atoms with Gasteiger partial charge in [-0.05, 0) is 32.4 Å². The summed E-state index contributed by atoms with van der Waals surface area (Å²) in [7, 11) is 0. The Bertz CT molecular complexity index is 485. The largest absolute Gasteiger partial charge is 0.330 e. The standard InChI is InChI=1S/C14H23N3O3/c1-2-17(20)14(19)12-7-8-13(18)16(11-12)10-6-4-3-5-9-15/h7-8,11,20H,2-6,9-10,15H2,1H3. The van der Waals surface area contributed by atoms with Gasteiger partial charge in [-0.2, -0.15) is 0 Å². The molecular formula is C14H23N3O3. The summed E-state index contributed by atoms with van der Waals surface area (Å²) in [5, 5.41) is 10.0. The predicted molar refractivity (Wildman–Crippen MR) is 76.7 cm³/mol. The van der Waals surface area contributed by atoms with Crippen LogP contribution in [0.2, 0.25) is 0 Å². The van der Waals surface area contributed by atoms with Crippen LogP contribution in [0.5, 0.6) is 0 Å². The van der Waals surface area contributed by atoms with Gasteiger partial charge in [0.25, 0.3) is 11.5 Å². The first-order valence-electron chi connectivity index (χ1n) is 7.01. The highest BCUT2D eigenvalue weighted by Crippen LogP contribution is 2.04. The first-order chi connectivity index (χ1) is 9.60. The van der Waals surface area contributed by atoms with Gasteiger partial charge < -0.3 is 10.3 Å². The first-order valence-corrected chi connectivity index (χ1v) is 7.01. The van der Waals surface area contributed by atoms with Crippen LogP contribution in [0.1, 0.15) is 43.0 Å². The molecule has 0 aliphatic carbocycles. The first kappa shape index (κ1) is 16.4. The van der Waals surface area contributed by atoms with Crippen molar-refractivity contribution in [3.05, 3.63) is 34.2 Å². The van der Waals surface area contributed by atoms with Crippen molar-refractivity contribution < 1.29 is 10.0 Å². The summed E-state index contributed by atoms with van der Waals surface area (Å²) in [4.78, 5) is 23.5. The maximum absolute atomic E-state index is 11.8. The quantitative estimate of drug-likeness (QED) is 0.426. The SMILES string of the molecule is CCN(O)C(=O)c1ccc(=O)n(CCCCCCN)c1. The number of nitrogens with two attached hydrogens (primary N) is 1. The molecule has 0 unspecified atom stereocenters. The van der Waals surface area contributed by atoms with Crippen LogP contribution in [0.3, 0.4) is 0 Å². The molecule has 1 heterocycles. The molecule has 0 atom stereocenters. The van der Waals surface area contributed by atoms with E-state index in [9.17, 15) is 14.8 Å². The highest BCUT2D eigenvalue weighted by molar-refractivity contribution is 5.93. The zero-order chi connectivity index (χ0) is 15.0. The Hall–Kier alpha value is -1.66. The molecule has 0 aliphatic heterocycles. The number of aryl methyl sites for hydroxylation is 1. The molecule has 1 amide bonds. The van der Waals surface area contributed by atoms with Gasteiger partial charge in [-0.15, -0.1) is 0 Å². The van der Waals surface area contributed by atoms with Gasteiger partial charge in [0.2, 0.25) is 0 Å². The predicted octanol–water partition coefficient (Wildman–Crippen LogP) is 1.22. The molecule has 0 saturated carbocycles. The molecule has 3 N–H and O–H groups in total.